The van der Waals surface area contributed by atoms with Gasteiger partial charge in [0, 0.05) is 5.56 Å². The zero-order chi connectivity index (χ0) is 27.8. The van der Waals surface area contributed by atoms with Gasteiger partial charge in [-0.2, -0.15) is 0 Å². The van der Waals surface area contributed by atoms with Crippen molar-refractivity contribution in [3.8, 4) is 23.0 Å². The number of phenols is 1. The van der Waals surface area contributed by atoms with Crippen LogP contribution >= 0.6 is 11.3 Å². The van der Waals surface area contributed by atoms with E-state index in [-0.39, 0.29) is 36.0 Å². The number of hydrogen-bond acceptors (Lipinski definition) is 9. The summed E-state index contributed by atoms with van der Waals surface area (Å²) in [6.07, 6.45) is 1.71. The van der Waals surface area contributed by atoms with Crippen LogP contribution in [0.5, 0.6) is 23.0 Å². The molecule has 0 bridgehead atoms. The van der Waals surface area contributed by atoms with Crippen LogP contribution in [0.25, 0.3) is 11.8 Å². The molecule has 1 N–H and O–H groups in total. The summed E-state index contributed by atoms with van der Waals surface area (Å²) in [4.78, 5) is 32.8. The first kappa shape index (κ1) is 25.4. The van der Waals surface area contributed by atoms with Gasteiger partial charge in [-0.3, -0.25) is 9.36 Å². The van der Waals surface area contributed by atoms with Gasteiger partial charge in [0.15, 0.2) is 27.8 Å². The Bertz CT molecular complexity index is 1840. The minimum absolute atomic E-state index is 0.00417. The van der Waals surface area contributed by atoms with E-state index in [4.69, 9.17) is 23.9 Å². The van der Waals surface area contributed by atoms with E-state index in [0.717, 1.165) is 5.56 Å². The number of ether oxygens (including phenoxy) is 4. The summed E-state index contributed by atoms with van der Waals surface area (Å²) in [5, 5.41) is 9.99. The molecule has 202 valence electrons. The molecule has 0 amide bonds. The zero-order valence-corrected chi connectivity index (χ0v) is 22.4. The number of thiazole rings is 1. The first-order chi connectivity index (χ1) is 19.5. The number of methoxy groups -OCH3 is 1. The Labute approximate surface area is 232 Å². The number of fused-ring (bicyclic) bond motifs is 2. The summed E-state index contributed by atoms with van der Waals surface area (Å²) in [5.74, 6) is 0.830. The number of nitrogens with zero attached hydrogens (tertiary/aromatic N) is 2. The quantitative estimate of drug-likeness (QED) is 0.363. The van der Waals surface area contributed by atoms with Crippen molar-refractivity contribution in [2.24, 2.45) is 4.99 Å². The predicted molar refractivity (Wildman–Crippen MR) is 148 cm³/mol. The predicted octanol–water partition coefficient (Wildman–Crippen LogP) is 3.38. The van der Waals surface area contributed by atoms with Gasteiger partial charge in [-0.25, -0.2) is 9.79 Å². The topological polar surface area (TPSA) is 109 Å². The third-order valence-electron chi connectivity index (χ3n) is 6.59. The molecule has 2 aliphatic rings. The number of esters is 1. The number of rotatable bonds is 6. The lowest BCUT2D eigenvalue weighted by molar-refractivity contribution is -0.138. The number of carbonyl (C=O) groups excluding carboxylic acids is 1. The molecule has 1 aromatic heterocycles. The fourth-order valence-corrected chi connectivity index (χ4v) is 5.78. The van der Waals surface area contributed by atoms with E-state index in [1.807, 2.05) is 36.4 Å². The van der Waals surface area contributed by atoms with Crippen LogP contribution in [0.1, 0.15) is 29.7 Å². The summed E-state index contributed by atoms with van der Waals surface area (Å²) in [7, 11) is 1.46. The van der Waals surface area contributed by atoms with Crippen LogP contribution in [0.4, 0.5) is 0 Å². The van der Waals surface area contributed by atoms with Gasteiger partial charge in [-0.05, 0) is 48.4 Å². The third-order valence-corrected chi connectivity index (χ3v) is 7.57. The van der Waals surface area contributed by atoms with Gasteiger partial charge >= 0.3 is 5.97 Å². The second kappa shape index (κ2) is 10.4. The first-order valence-corrected chi connectivity index (χ1v) is 13.3. The van der Waals surface area contributed by atoms with Gasteiger partial charge in [-0.1, -0.05) is 53.8 Å². The maximum absolute atomic E-state index is 14.0. The van der Waals surface area contributed by atoms with Crippen molar-refractivity contribution in [1.29, 1.82) is 0 Å². The van der Waals surface area contributed by atoms with Crippen LogP contribution in [0.3, 0.4) is 0 Å². The summed E-state index contributed by atoms with van der Waals surface area (Å²) >= 11 is 1.21. The van der Waals surface area contributed by atoms with Crippen LogP contribution in [0, 0.1) is 0 Å². The number of benzene rings is 3. The fourth-order valence-electron chi connectivity index (χ4n) is 4.77. The monoisotopic (exact) mass is 556 g/mol. The van der Waals surface area contributed by atoms with E-state index in [1.54, 1.807) is 37.3 Å². The summed E-state index contributed by atoms with van der Waals surface area (Å²) in [6.45, 7) is 1.98. The molecule has 0 saturated heterocycles. The fraction of sp³-hybridized carbons (Fsp3) is 0.167. The summed E-state index contributed by atoms with van der Waals surface area (Å²) < 4.78 is 23.8. The molecular weight excluding hydrogens is 532 g/mol. The van der Waals surface area contributed by atoms with Gasteiger partial charge in [0.1, 0.15) is 0 Å². The lowest BCUT2D eigenvalue weighted by Crippen LogP contribution is -2.40. The molecule has 9 nitrogen and oxygen atoms in total. The van der Waals surface area contributed by atoms with Crippen molar-refractivity contribution >= 4 is 29.1 Å². The van der Waals surface area contributed by atoms with E-state index in [1.165, 1.54) is 29.1 Å². The van der Waals surface area contributed by atoms with Crippen molar-refractivity contribution in [2.75, 3.05) is 20.5 Å². The van der Waals surface area contributed by atoms with Crippen molar-refractivity contribution in [1.82, 2.24) is 4.57 Å². The molecule has 0 fully saturated rings. The van der Waals surface area contributed by atoms with Crippen molar-refractivity contribution in [2.45, 2.75) is 13.0 Å². The molecule has 1 atom stereocenters. The third kappa shape index (κ3) is 4.42. The SMILES string of the molecule is CCOC(=O)C1=C(c2ccccc2)N=c2s/c(=C\c3ccc(O)c(OC)c3)c(=O)n2[C@@H]1c1ccc2c(c1)OCO2. The lowest BCUT2D eigenvalue weighted by atomic mass is 9.93. The van der Waals surface area contributed by atoms with E-state index in [0.29, 0.717) is 37.7 Å². The lowest BCUT2D eigenvalue weighted by Gasteiger charge is -2.26. The van der Waals surface area contributed by atoms with Crippen LogP contribution in [0.15, 0.2) is 82.1 Å². The smallest absolute Gasteiger partial charge is 0.338 e. The molecule has 0 aliphatic carbocycles. The van der Waals surface area contributed by atoms with E-state index >= 15 is 0 Å². The van der Waals surface area contributed by atoms with Gasteiger partial charge in [0.05, 0.1) is 35.6 Å². The van der Waals surface area contributed by atoms with E-state index in [2.05, 4.69) is 0 Å². The largest absolute Gasteiger partial charge is 0.504 e. The Morgan fingerprint density at radius 1 is 1.12 bits per heavy atom. The van der Waals surface area contributed by atoms with Crippen LogP contribution in [0.2, 0.25) is 0 Å². The van der Waals surface area contributed by atoms with Crippen molar-refractivity contribution in [3.63, 3.8) is 0 Å². The van der Waals surface area contributed by atoms with Gasteiger partial charge < -0.3 is 24.1 Å². The van der Waals surface area contributed by atoms with Gasteiger partial charge in [0.25, 0.3) is 5.56 Å². The normalized spacial score (nSPS) is 15.9. The average Bonchev–Trinajstić information content (AvgIpc) is 3.57. The molecule has 2 aliphatic heterocycles. The van der Waals surface area contributed by atoms with Crippen molar-refractivity contribution < 1.29 is 28.8 Å². The molecule has 0 spiro atoms. The average molecular weight is 557 g/mol. The Morgan fingerprint density at radius 3 is 2.70 bits per heavy atom. The maximum Gasteiger partial charge on any atom is 0.338 e. The Balaban J connectivity index is 1.63. The number of aromatic nitrogens is 1. The van der Waals surface area contributed by atoms with Gasteiger partial charge in [0.2, 0.25) is 6.79 Å². The maximum atomic E-state index is 14.0. The summed E-state index contributed by atoms with van der Waals surface area (Å²) in [6, 6.07) is 18.7. The van der Waals surface area contributed by atoms with Crippen LogP contribution in [-0.4, -0.2) is 36.2 Å². The molecule has 40 heavy (non-hydrogen) atoms. The Hall–Kier alpha value is -4.83. The molecular formula is C30H24N2O7S. The zero-order valence-electron chi connectivity index (χ0n) is 21.6. The Kier molecular flexibility index (Phi) is 6.61. The highest BCUT2D eigenvalue weighted by molar-refractivity contribution is 7.07. The van der Waals surface area contributed by atoms with Crippen LogP contribution < -0.4 is 29.1 Å². The Morgan fingerprint density at radius 2 is 1.93 bits per heavy atom. The van der Waals surface area contributed by atoms with Crippen LogP contribution in [-0.2, 0) is 9.53 Å². The molecule has 4 aromatic rings. The van der Waals surface area contributed by atoms with E-state index in [9.17, 15) is 14.7 Å². The molecule has 10 heteroatoms. The molecule has 6 rings (SSSR count). The van der Waals surface area contributed by atoms with Crippen molar-refractivity contribution in [3.05, 3.63) is 109 Å². The van der Waals surface area contributed by atoms with Gasteiger partial charge in [-0.15, -0.1) is 0 Å². The highest BCUT2D eigenvalue weighted by Gasteiger charge is 2.36. The highest BCUT2D eigenvalue weighted by atomic mass is 32.1. The number of aromatic hydroxyl groups is 1. The molecule has 0 saturated carbocycles. The highest BCUT2D eigenvalue weighted by Crippen LogP contribution is 2.40. The first-order valence-electron chi connectivity index (χ1n) is 12.5. The molecule has 0 radical (unpaired) electrons. The number of carbonyl (C=O) groups is 1. The standard InChI is InChI=1S/C30H24N2O7S/c1-3-37-29(35)25-26(18-7-5-4-6-8-18)31-30-32(27(25)19-10-12-21-23(15-19)39-16-38-21)28(34)24(40-30)14-17-9-11-20(33)22(13-17)36-2/h4-15,27,33H,3,16H2,1-2H3/b24-14-/t27-/m1/s1. The molecule has 3 aromatic carbocycles. The second-order valence-electron chi connectivity index (χ2n) is 8.98. The minimum atomic E-state index is -0.837. The minimum Gasteiger partial charge on any atom is -0.504 e. The molecule has 0 unspecified atom stereocenters. The number of hydrogen-bond donors (Lipinski definition) is 1. The summed E-state index contributed by atoms with van der Waals surface area (Å²) in [5.41, 5.74) is 2.38. The number of phenolic OH excluding ortho intramolecular Hbond substituents is 1. The second-order valence-corrected chi connectivity index (χ2v) is 9.98. The van der Waals surface area contributed by atoms with E-state index < -0.39 is 12.0 Å². The molecule has 3 heterocycles.